The van der Waals surface area contributed by atoms with Gasteiger partial charge >= 0.3 is 11.8 Å². The first-order valence-corrected chi connectivity index (χ1v) is 5.21. The second-order valence-electron chi connectivity index (χ2n) is 3.78. The molecule has 0 spiro atoms. The van der Waals surface area contributed by atoms with Crippen LogP contribution in [0.1, 0.15) is 10.4 Å². The average Bonchev–Trinajstić information content (AvgIpc) is 2.87. The Balaban J connectivity index is 2.63. The summed E-state index contributed by atoms with van der Waals surface area (Å²) in [6.45, 7) is 0. The minimum atomic E-state index is -1.63. The standard InChI is InChI=1S/C10H5FN4O6/c11-6-2-7(14(18)19)5(10(16)17)1-8(6)13-3-9(12-4-13)15(20)21/h1-4H,(H,16,17). The maximum absolute atomic E-state index is 13.8. The van der Waals surface area contributed by atoms with Gasteiger partial charge in [-0.3, -0.25) is 14.7 Å². The van der Waals surface area contributed by atoms with E-state index in [9.17, 15) is 29.4 Å². The number of benzene rings is 1. The van der Waals surface area contributed by atoms with Crippen LogP contribution in [-0.2, 0) is 0 Å². The highest BCUT2D eigenvalue weighted by molar-refractivity contribution is 5.93. The third-order valence-corrected chi connectivity index (χ3v) is 2.53. The van der Waals surface area contributed by atoms with Gasteiger partial charge in [-0.1, -0.05) is 0 Å². The van der Waals surface area contributed by atoms with Crippen molar-refractivity contribution in [3.05, 3.63) is 56.3 Å². The molecule has 0 bridgehead atoms. The Hall–Kier alpha value is -3.37. The van der Waals surface area contributed by atoms with E-state index in [1.54, 1.807) is 0 Å². The Morgan fingerprint density at radius 3 is 2.43 bits per heavy atom. The van der Waals surface area contributed by atoms with Crippen molar-refractivity contribution >= 4 is 17.5 Å². The van der Waals surface area contributed by atoms with Gasteiger partial charge in [0.2, 0.25) is 6.33 Å². The monoisotopic (exact) mass is 296 g/mol. The molecule has 2 aromatic rings. The van der Waals surface area contributed by atoms with Crippen LogP contribution in [0.4, 0.5) is 15.9 Å². The molecule has 11 heteroatoms. The van der Waals surface area contributed by atoms with Crippen LogP contribution in [0.25, 0.3) is 5.69 Å². The Bertz CT molecular complexity index is 771. The summed E-state index contributed by atoms with van der Waals surface area (Å²) >= 11 is 0. The number of hydrogen-bond donors (Lipinski definition) is 1. The number of nitro groups is 2. The molecule has 1 N–H and O–H groups in total. The van der Waals surface area contributed by atoms with Crippen LogP contribution in [-0.4, -0.2) is 30.5 Å². The Morgan fingerprint density at radius 2 is 1.95 bits per heavy atom. The first kappa shape index (κ1) is 14.0. The van der Waals surface area contributed by atoms with Crippen molar-refractivity contribution in [3.63, 3.8) is 0 Å². The number of carboxylic acids is 1. The highest BCUT2D eigenvalue weighted by atomic mass is 19.1. The first-order valence-electron chi connectivity index (χ1n) is 5.21. The van der Waals surface area contributed by atoms with Gasteiger partial charge in [-0.2, -0.15) is 0 Å². The van der Waals surface area contributed by atoms with Crippen molar-refractivity contribution in [3.8, 4) is 5.69 Å². The number of rotatable bonds is 4. The van der Waals surface area contributed by atoms with E-state index in [0.717, 1.165) is 17.1 Å². The lowest BCUT2D eigenvalue weighted by Crippen LogP contribution is -2.06. The lowest BCUT2D eigenvalue weighted by molar-refractivity contribution is -0.389. The maximum atomic E-state index is 13.8. The smallest absolute Gasteiger partial charge is 0.381 e. The molecule has 0 aliphatic carbocycles. The van der Waals surface area contributed by atoms with Gasteiger partial charge in [0.15, 0.2) is 5.82 Å². The second-order valence-corrected chi connectivity index (χ2v) is 3.78. The Morgan fingerprint density at radius 1 is 1.29 bits per heavy atom. The first-order chi connectivity index (χ1) is 9.81. The summed E-state index contributed by atoms with van der Waals surface area (Å²) in [5.74, 6) is -3.32. The molecule has 0 radical (unpaired) electrons. The largest absolute Gasteiger partial charge is 0.477 e. The number of aromatic nitrogens is 2. The van der Waals surface area contributed by atoms with Gasteiger partial charge in [-0.25, -0.2) is 9.18 Å². The summed E-state index contributed by atoms with van der Waals surface area (Å²) in [5.41, 5.74) is -2.07. The second kappa shape index (κ2) is 4.96. The van der Waals surface area contributed by atoms with Gasteiger partial charge in [-0.05, 0) is 16.0 Å². The lowest BCUT2D eigenvalue weighted by Gasteiger charge is -2.05. The fraction of sp³-hybridized carbons (Fsp3) is 0. The van der Waals surface area contributed by atoms with Crippen LogP contribution in [0.5, 0.6) is 0 Å². The zero-order valence-electron chi connectivity index (χ0n) is 9.96. The molecule has 1 aromatic carbocycles. The van der Waals surface area contributed by atoms with E-state index >= 15 is 0 Å². The molecule has 0 saturated carbocycles. The molecule has 0 saturated heterocycles. The van der Waals surface area contributed by atoms with Crippen LogP contribution >= 0.6 is 0 Å². The Kier molecular flexibility index (Phi) is 3.32. The van der Waals surface area contributed by atoms with E-state index in [-0.39, 0.29) is 0 Å². The number of imidazole rings is 1. The number of carbonyl (C=O) groups is 1. The molecule has 2 rings (SSSR count). The number of halogens is 1. The summed E-state index contributed by atoms with van der Waals surface area (Å²) in [6.07, 6.45) is 1.75. The average molecular weight is 296 g/mol. The number of carboxylic acid groups (broad SMARTS) is 1. The molecule has 1 aromatic heterocycles. The van der Waals surface area contributed by atoms with E-state index in [1.165, 1.54) is 0 Å². The third-order valence-electron chi connectivity index (χ3n) is 2.53. The fourth-order valence-corrected chi connectivity index (χ4v) is 1.61. The molecule has 0 fully saturated rings. The number of aromatic carboxylic acids is 1. The van der Waals surface area contributed by atoms with Gasteiger partial charge in [0.05, 0.1) is 16.7 Å². The Labute approximate surface area is 114 Å². The van der Waals surface area contributed by atoms with Crippen LogP contribution in [0.3, 0.4) is 0 Å². The van der Waals surface area contributed by atoms with Gasteiger partial charge in [0.25, 0.3) is 5.69 Å². The maximum Gasteiger partial charge on any atom is 0.381 e. The molecular formula is C10H5FN4O6. The molecular weight excluding hydrogens is 291 g/mol. The van der Waals surface area contributed by atoms with Crippen LogP contribution in [0.15, 0.2) is 24.7 Å². The predicted molar refractivity (Wildman–Crippen MR) is 63.8 cm³/mol. The number of nitrogens with zero attached hydrogens (tertiary/aromatic N) is 4. The molecule has 108 valence electrons. The van der Waals surface area contributed by atoms with Crippen molar-refractivity contribution in [2.45, 2.75) is 0 Å². The van der Waals surface area contributed by atoms with Crippen molar-refractivity contribution < 1.29 is 24.1 Å². The van der Waals surface area contributed by atoms with Gasteiger partial charge < -0.3 is 15.2 Å². The zero-order chi connectivity index (χ0) is 15.7. The summed E-state index contributed by atoms with van der Waals surface area (Å²) in [6, 6.07) is 1.14. The van der Waals surface area contributed by atoms with E-state index in [0.29, 0.717) is 12.1 Å². The molecule has 0 atom stereocenters. The SMILES string of the molecule is O=C(O)c1cc(-n2cnc([N+](=O)[O-])c2)c(F)cc1[N+](=O)[O-]. The highest BCUT2D eigenvalue weighted by Crippen LogP contribution is 2.26. The highest BCUT2D eigenvalue weighted by Gasteiger charge is 2.25. The van der Waals surface area contributed by atoms with E-state index in [1.807, 2.05) is 0 Å². The summed E-state index contributed by atoms with van der Waals surface area (Å²) in [7, 11) is 0. The van der Waals surface area contributed by atoms with Crippen LogP contribution < -0.4 is 0 Å². The van der Waals surface area contributed by atoms with Crippen molar-refractivity contribution in [1.29, 1.82) is 0 Å². The fourth-order valence-electron chi connectivity index (χ4n) is 1.61. The predicted octanol–water partition coefficient (Wildman–Crippen LogP) is 1.53. The molecule has 0 aliphatic rings. The van der Waals surface area contributed by atoms with Gasteiger partial charge in [0, 0.05) is 0 Å². The van der Waals surface area contributed by atoms with Crippen molar-refractivity contribution in [2.24, 2.45) is 0 Å². The van der Waals surface area contributed by atoms with Gasteiger partial charge in [-0.15, -0.1) is 0 Å². The molecule has 0 aliphatic heterocycles. The summed E-state index contributed by atoms with van der Waals surface area (Å²) < 4.78 is 14.7. The summed E-state index contributed by atoms with van der Waals surface area (Å²) in [4.78, 5) is 33.7. The number of hydrogen-bond acceptors (Lipinski definition) is 6. The minimum Gasteiger partial charge on any atom is -0.477 e. The van der Waals surface area contributed by atoms with Gasteiger partial charge in [0.1, 0.15) is 11.8 Å². The van der Waals surface area contributed by atoms with Crippen LogP contribution in [0, 0.1) is 26.0 Å². The zero-order valence-corrected chi connectivity index (χ0v) is 9.96. The van der Waals surface area contributed by atoms with E-state index in [2.05, 4.69) is 4.98 Å². The lowest BCUT2D eigenvalue weighted by atomic mass is 10.1. The third kappa shape index (κ3) is 2.51. The molecule has 21 heavy (non-hydrogen) atoms. The van der Waals surface area contributed by atoms with E-state index < -0.39 is 44.4 Å². The molecule has 1 heterocycles. The molecule has 10 nitrogen and oxygen atoms in total. The summed E-state index contributed by atoms with van der Waals surface area (Å²) in [5, 5.41) is 30.1. The minimum absolute atomic E-state index is 0.404. The van der Waals surface area contributed by atoms with E-state index in [4.69, 9.17) is 5.11 Å². The van der Waals surface area contributed by atoms with Crippen molar-refractivity contribution in [1.82, 2.24) is 9.55 Å². The normalized spacial score (nSPS) is 10.3. The quantitative estimate of drug-likeness (QED) is 0.665. The topological polar surface area (TPSA) is 141 Å². The van der Waals surface area contributed by atoms with Crippen molar-refractivity contribution in [2.75, 3.05) is 0 Å². The molecule has 0 unspecified atom stereocenters. The number of nitro benzene ring substituents is 1. The molecule has 0 amide bonds. The van der Waals surface area contributed by atoms with Crippen LogP contribution in [0.2, 0.25) is 0 Å².